The highest BCUT2D eigenvalue weighted by molar-refractivity contribution is 6.04. The van der Waals surface area contributed by atoms with E-state index >= 15 is 0 Å². The minimum Gasteiger partial charge on any atom is -0.484 e. The van der Waals surface area contributed by atoms with Crippen LogP contribution in [0, 0.1) is 0 Å². The highest BCUT2D eigenvalue weighted by atomic mass is 16.5. The Morgan fingerprint density at radius 3 is 2.13 bits per heavy atom. The van der Waals surface area contributed by atoms with Crippen LogP contribution in [0.2, 0.25) is 0 Å². The molecule has 0 aliphatic heterocycles. The molecule has 0 radical (unpaired) electrons. The standard InChI is InChI=1S/C26H28N2O3/c1-4-26(2,3)20-13-15-23(16-14-20)31-18-24(29)27-21-11-8-12-22(17-21)28-25(30)19-9-6-5-7-10-19/h5-17H,4,18H2,1-3H3,(H,27,29)(H,28,30). The zero-order valence-electron chi connectivity index (χ0n) is 18.1. The minimum atomic E-state index is -0.274. The summed E-state index contributed by atoms with van der Waals surface area (Å²) in [6, 6.07) is 23.8. The number of ether oxygens (including phenoxy) is 1. The van der Waals surface area contributed by atoms with Gasteiger partial charge >= 0.3 is 0 Å². The maximum Gasteiger partial charge on any atom is 0.262 e. The van der Waals surface area contributed by atoms with E-state index in [0.29, 0.717) is 22.7 Å². The zero-order valence-corrected chi connectivity index (χ0v) is 18.1. The average molecular weight is 417 g/mol. The van der Waals surface area contributed by atoms with Gasteiger partial charge in [-0.1, -0.05) is 57.2 Å². The maximum atomic E-state index is 12.3. The maximum absolute atomic E-state index is 12.3. The van der Waals surface area contributed by atoms with Crippen molar-refractivity contribution in [1.29, 1.82) is 0 Å². The molecule has 3 rings (SSSR count). The van der Waals surface area contributed by atoms with Gasteiger partial charge in [0.2, 0.25) is 0 Å². The lowest BCUT2D eigenvalue weighted by Gasteiger charge is -2.23. The van der Waals surface area contributed by atoms with Crippen LogP contribution in [0.5, 0.6) is 5.75 Å². The Hall–Kier alpha value is -3.60. The summed E-state index contributed by atoms with van der Waals surface area (Å²) in [5.74, 6) is 0.168. The summed E-state index contributed by atoms with van der Waals surface area (Å²) in [4.78, 5) is 24.6. The molecule has 5 nitrogen and oxygen atoms in total. The molecule has 0 bridgehead atoms. The fraction of sp³-hybridized carbons (Fsp3) is 0.231. The van der Waals surface area contributed by atoms with Gasteiger partial charge in [0.1, 0.15) is 5.75 Å². The highest BCUT2D eigenvalue weighted by Crippen LogP contribution is 2.28. The Morgan fingerprint density at radius 2 is 1.48 bits per heavy atom. The van der Waals surface area contributed by atoms with E-state index < -0.39 is 0 Å². The van der Waals surface area contributed by atoms with Crippen molar-refractivity contribution in [2.45, 2.75) is 32.6 Å². The molecule has 0 aliphatic carbocycles. The molecular weight excluding hydrogens is 388 g/mol. The van der Waals surface area contributed by atoms with E-state index in [4.69, 9.17) is 4.74 Å². The lowest BCUT2D eigenvalue weighted by molar-refractivity contribution is -0.118. The third-order valence-electron chi connectivity index (χ3n) is 5.33. The normalized spacial score (nSPS) is 10.9. The van der Waals surface area contributed by atoms with E-state index in [1.54, 1.807) is 36.4 Å². The Balaban J connectivity index is 1.54. The summed E-state index contributed by atoms with van der Waals surface area (Å²) in [7, 11) is 0. The van der Waals surface area contributed by atoms with Crippen molar-refractivity contribution >= 4 is 23.2 Å². The molecule has 0 fully saturated rings. The lowest BCUT2D eigenvalue weighted by atomic mass is 9.82. The van der Waals surface area contributed by atoms with Gasteiger partial charge in [-0.3, -0.25) is 9.59 Å². The first-order valence-corrected chi connectivity index (χ1v) is 10.4. The Morgan fingerprint density at radius 1 is 0.839 bits per heavy atom. The number of nitrogens with one attached hydrogen (secondary N) is 2. The predicted molar refractivity (Wildman–Crippen MR) is 125 cm³/mol. The van der Waals surface area contributed by atoms with Gasteiger partial charge in [0.15, 0.2) is 6.61 Å². The molecule has 0 heterocycles. The summed E-state index contributed by atoms with van der Waals surface area (Å²) in [6.45, 7) is 6.47. The number of hydrogen-bond acceptors (Lipinski definition) is 3. The van der Waals surface area contributed by atoms with Crippen LogP contribution in [-0.2, 0) is 10.2 Å². The fourth-order valence-corrected chi connectivity index (χ4v) is 3.02. The minimum absolute atomic E-state index is 0.100. The van der Waals surface area contributed by atoms with Crippen molar-refractivity contribution in [3.05, 3.63) is 90.0 Å². The number of anilines is 2. The van der Waals surface area contributed by atoms with E-state index in [1.165, 1.54) is 5.56 Å². The van der Waals surface area contributed by atoms with Crippen LogP contribution in [0.1, 0.15) is 43.1 Å². The van der Waals surface area contributed by atoms with Crippen LogP contribution in [-0.4, -0.2) is 18.4 Å². The number of carbonyl (C=O) groups is 2. The summed E-state index contributed by atoms with van der Waals surface area (Å²) in [6.07, 6.45) is 1.04. The number of amides is 2. The van der Waals surface area contributed by atoms with Gasteiger partial charge in [-0.2, -0.15) is 0 Å². The molecule has 0 atom stereocenters. The smallest absolute Gasteiger partial charge is 0.262 e. The average Bonchev–Trinajstić information content (AvgIpc) is 2.79. The van der Waals surface area contributed by atoms with Crippen molar-refractivity contribution in [1.82, 2.24) is 0 Å². The topological polar surface area (TPSA) is 67.4 Å². The van der Waals surface area contributed by atoms with Crippen molar-refractivity contribution < 1.29 is 14.3 Å². The molecule has 3 aromatic carbocycles. The van der Waals surface area contributed by atoms with Crippen molar-refractivity contribution in [3.8, 4) is 5.75 Å². The molecular formula is C26H28N2O3. The van der Waals surface area contributed by atoms with E-state index in [2.05, 4.69) is 31.4 Å². The summed E-state index contributed by atoms with van der Waals surface area (Å²) in [5.41, 5.74) is 3.10. The SMILES string of the molecule is CCC(C)(C)c1ccc(OCC(=O)Nc2cccc(NC(=O)c3ccccc3)c2)cc1. The van der Waals surface area contributed by atoms with Crippen molar-refractivity contribution in [2.24, 2.45) is 0 Å². The largest absolute Gasteiger partial charge is 0.484 e. The number of carbonyl (C=O) groups excluding carboxylic acids is 2. The molecule has 2 amide bonds. The summed E-state index contributed by atoms with van der Waals surface area (Å²) >= 11 is 0. The molecule has 0 saturated carbocycles. The Labute approximate surface area is 183 Å². The summed E-state index contributed by atoms with van der Waals surface area (Å²) < 4.78 is 5.61. The number of rotatable bonds is 8. The molecule has 0 saturated heterocycles. The van der Waals surface area contributed by atoms with Crippen molar-refractivity contribution in [3.63, 3.8) is 0 Å². The quantitative estimate of drug-likeness (QED) is 0.499. The van der Waals surface area contributed by atoms with Crippen LogP contribution >= 0.6 is 0 Å². The molecule has 5 heteroatoms. The third-order valence-corrected chi connectivity index (χ3v) is 5.33. The zero-order chi connectivity index (χ0) is 22.3. The Bertz CT molecular complexity index is 1030. The molecule has 2 N–H and O–H groups in total. The van der Waals surface area contributed by atoms with E-state index in [1.807, 2.05) is 42.5 Å². The first-order chi connectivity index (χ1) is 14.9. The molecule has 31 heavy (non-hydrogen) atoms. The lowest BCUT2D eigenvalue weighted by Crippen LogP contribution is -2.20. The molecule has 160 valence electrons. The van der Waals surface area contributed by atoms with Gasteiger partial charge in [0.25, 0.3) is 11.8 Å². The monoisotopic (exact) mass is 416 g/mol. The Kier molecular flexibility index (Phi) is 7.08. The number of hydrogen-bond donors (Lipinski definition) is 2. The second-order valence-electron chi connectivity index (χ2n) is 8.00. The van der Waals surface area contributed by atoms with E-state index in [9.17, 15) is 9.59 Å². The van der Waals surface area contributed by atoms with E-state index in [-0.39, 0.29) is 23.8 Å². The van der Waals surface area contributed by atoms with Crippen LogP contribution < -0.4 is 15.4 Å². The molecule has 0 aromatic heterocycles. The van der Waals surface area contributed by atoms with Gasteiger partial charge < -0.3 is 15.4 Å². The van der Waals surface area contributed by atoms with Gasteiger partial charge in [0.05, 0.1) is 0 Å². The first-order valence-electron chi connectivity index (χ1n) is 10.4. The van der Waals surface area contributed by atoms with Crippen LogP contribution in [0.3, 0.4) is 0 Å². The predicted octanol–water partition coefficient (Wildman–Crippen LogP) is 5.64. The van der Waals surface area contributed by atoms with Crippen LogP contribution in [0.15, 0.2) is 78.9 Å². The van der Waals surface area contributed by atoms with Gasteiger partial charge in [0, 0.05) is 16.9 Å². The fourth-order valence-electron chi connectivity index (χ4n) is 3.02. The molecule has 0 aliphatic rings. The van der Waals surface area contributed by atoms with Crippen LogP contribution in [0.25, 0.3) is 0 Å². The second kappa shape index (κ2) is 9.94. The molecule has 0 unspecified atom stereocenters. The van der Waals surface area contributed by atoms with Gasteiger partial charge in [-0.15, -0.1) is 0 Å². The van der Waals surface area contributed by atoms with E-state index in [0.717, 1.165) is 6.42 Å². The van der Waals surface area contributed by atoms with Gasteiger partial charge in [-0.05, 0) is 59.9 Å². The first kappa shape index (κ1) is 22.1. The third kappa shape index (κ3) is 6.19. The highest BCUT2D eigenvalue weighted by Gasteiger charge is 2.17. The molecule has 3 aromatic rings. The van der Waals surface area contributed by atoms with Crippen LogP contribution in [0.4, 0.5) is 11.4 Å². The molecule has 0 spiro atoms. The summed E-state index contributed by atoms with van der Waals surface area (Å²) in [5, 5.41) is 5.63. The number of benzene rings is 3. The second-order valence-corrected chi connectivity index (χ2v) is 8.00. The van der Waals surface area contributed by atoms with Crippen molar-refractivity contribution in [2.75, 3.05) is 17.2 Å². The van der Waals surface area contributed by atoms with Gasteiger partial charge in [-0.25, -0.2) is 0 Å².